The van der Waals surface area contributed by atoms with Gasteiger partial charge in [-0.3, -0.25) is 0 Å². The Hall–Kier alpha value is -1.05. The highest BCUT2D eigenvalue weighted by atomic mass is 35.5. The standard InChI is InChI=1S/C13H13ClO/c1-2-15-9-10-3-4-11-5-6-13(14)8-12(11)7-10/h3-8H,2,9H2,1H3. The van der Waals surface area contributed by atoms with Gasteiger partial charge in [-0.2, -0.15) is 0 Å². The lowest BCUT2D eigenvalue weighted by molar-refractivity contribution is 0.134. The molecule has 1 nitrogen and oxygen atoms in total. The molecule has 0 amide bonds. The lowest BCUT2D eigenvalue weighted by atomic mass is 10.1. The van der Waals surface area contributed by atoms with Gasteiger partial charge in [-0.15, -0.1) is 0 Å². The molecule has 0 radical (unpaired) electrons. The third-order valence-electron chi connectivity index (χ3n) is 2.34. The van der Waals surface area contributed by atoms with Crippen LogP contribution in [0.2, 0.25) is 5.02 Å². The number of ether oxygens (including phenoxy) is 1. The second-order valence-electron chi connectivity index (χ2n) is 3.46. The van der Waals surface area contributed by atoms with Gasteiger partial charge in [0.1, 0.15) is 0 Å². The van der Waals surface area contributed by atoms with Gasteiger partial charge in [0.2, 0.25) is 0 Å². The average molecular weight is 221 g/mol. The molecule has 78 valence electrons. The van der Waals surface area contributed by atoms with E-state index in [1.54, 1.807) is 0 Å². The van der Waals surface area contributed by atoms with Gasteiger partial charge in [-0.1, -0.05) is 29.8 Å². The molecule has 2 aromatic rings. The van der Waals surface area contributed by atoms with Gasteiger partial charge in [0.25, 0.3) is 0 Å². The first kappa shape index (κ1) is 10.5. The quantitative estimate of drug-likeness (QED) is 0.759. The summed E-state index contributed by atoms with van der Waals surface area (Å²) >= 11 is 5.94. The Balaban J connectivity index is 2.36. The lowest BCUT2D eigenvalue weighted by Gasteiger charge is -2.04. The van der Waals surface area contributed by atoms with Gasteiger partial charge in [-0.05, 0) is 41.5 Å². The summed E-state index contributed by atoms with van der Waals surface area (Å²) in [5, 5.41) is 3.15. The van der Waals surface area contributed by atoms with Crippen LogP contribution in [0.1, 0.15) is 12.5 Å². The second kappa shape index (κ2) is 4.65. The Labute approximate surface area is 94.6 Å². The van der Waals surface area contributed by atoms with Crippen LogP contribution in [-0.4, -0.2) is 6.61 Å². The molecular weight excluding hydrogens is 208 g/mol. The highest BCUT2D eigenvalue weighted by Gasteiger charge is 1.97. The van der Waals surface area contributed by atoms with Crippen molar-refractivity contribution in [3.63, 3.8) is 0 Å². The van der Waals surface area contributed by atoms with Crippen LogP contribution in [0.5, 0.6) is 0 Å². The minimum atomic E-state index is 0.666. The molecule has 2 heteroatoms. The van der Waals surface area contributed by atoms with Crippen molar-refractivity contribution in [1.29, 1.82) is 0 Å². The van der Waals surface area contributed by atoms with Crippen molar-refractivity contribution in [1.82, 2.24) is 0 Å². The van der Waals surface area contributed by atoms with Crippen LogP contribution in [0.15, 0.2) is 36.4 Å². The Morgan fingerprint density at radius 3 is 2.67 bits per heavy atom. The van der Waals surface area contributed by atoms with E-state index in [2.05, 4.69) is 18.2 Å². The summed E-state index contributed by atoms with van der Waals surface area (Å²) in [5.74, 6) is 0. The van der Waals surface area contributed by atoms with Gasteiger partial charge >= 0.3 is 0 Å². The minimum Gasteiger partial charge on any atom is -0.377 e. The van der Waals surface area contributed by atoms with Crippen LogP contribution in [-0.2, 0) is 11.3 Å². The molecule has 0 spiro atoms. The molecule has 2 aromatic carbocycles. The Morgan fingerprint density at radius 1 is 1.07 bits per heavy atom. The smallest absolute Gasteiger partial charge is 0.0716 e. The molecule has 0 saturated heterocycles. The zero-order chi connectivity index (χ0) is 10.7. The van der Waals surface area contributed by atoms with E-state index in [4.69, 9.17) is 16.3 Å². The molecule has 0 aliphatic rings. The molecule has 0 N–H and O–H groups in total. The fraction of sp³-hybridized carbons (Fsp3) is 0.231. The van der Waals surface area contributed by atoms with Crippen LogP contribution in [0.3, 0.4) is 0 Å². The second-order valence-corrected chi connectivity index (χ2v) is 3.90. The summed E-state index contributed by atoms with van der Waals surface area (Å²) in [6.45, 7) is 3.41. The molecule has 0 atom stereocenters. The van der Waals surface area contributed by atoms with Crippen molar-refractivity contribution in [2.24, 2.45) is 0 Å². The SMILES string of the molecule is CCOCc1ccc2ccc(Cl)cc2c1. The van der Waals surface area contributed by atoms with Crippen molar-refractivity contribution in [3.8, 4) is 0 Å². The van der Waals surface area contributed by atoms with Gasteiger partial charge in [-0.25, -0.2) is 0 Å². The van der Waals surface area contributed by atoms with E-state index in [0.717, 1.165) is 11.6 Å². The predicted molar refractivity (Wildman–Crippen MR) is 64.3 cm³/mol. The number of hydrogen-bond acceptors (Lipinski definition) is 1. The van der Waals surface area contributed by atoms with Crippen molar-refractivity contribution < 1.29 is 4.74 Å². The first-order valence-corrected chi connectivity index (χ1v) is 5.43. The van der Waals surface area contributed by atoms with Gasteiger partial charge in [0.05, 0.1) is 6.61 Å². The summed E-state index contributed by atoms with van der Waals surface area (Å²) in [4.78, 5) is 0. The third-order valence-corrected chi connectivity index (χ3v) is 2.57. The maximum absolute atomic E-state index is 5.94. The fourth-order valence-corrected chi connectivity index (χ4v) is 1.76. The van der Waals surface area contributed by atoms with Crippen LogP contribution in [0, 0.1) is 0 Å². The van der Waals surface area contributed by atoms with Crippen molar-refractivity contribution in [3.05, 3.63) is 47.0 Å². The van der Waals surface area contributed by atoms with Crippen LogP contribution in [0.4, 0.5) is 0 Å². The first-order valence-electron chi connectivity index (χ1n) is 5.05. The molecule has 0 aliphatic heterocycles. The molecule has 0 heterocycles. The van der Waals surface area contributed by atoms with E-state index < -0.39 is 0 Å². The molecule has 15 heavy (non-hydrogen) atoms. The molecule has 0 fully saturated rings. The number of hydrogen-bond donors (Lipinski definition) is 0. The van der Waals surface area contributed by atoms with E-state index in [1.807, 2.05) is 25.1 Å². The highest BCUT2D eigenvalue weighted by Crippen LogP contribution is 2.20. The van der Waals surface area contributed by atoms with Gasteiger partial charge in [0, 0.05) is 11.6 Å². The van der Waals surface area contributed by atoms with Crippen molar-refractivity contribution >= 4 is 22.4 Å². The van der Waals surface area contributed by atoms with E-state index in [0.29, 0.717) is 6.61 Å². The van der Waals surface area contributed by atoms with Crippen molar-refractivity contribution in [2.45, 2.75) is 13.5 Å². The Bertz CT molecular complexity index is 465. The maximum Gasteiger partial charge on any atom is 0.0716 e. The fourth-order valence-electron chi connectivity index (χ4n) is 1.58. The zero-order valence-electron chi connectivity index (χ0n) is 8.66. The third kappa shape index (κ3) is 2.49. The summed E-state index contributed by atoms with van der Waals surface area (Å²) < 4.78 is 5.37. The number of fused-ring (bicyclic) bond motifs is 1. The molecule has 2 rings (SSSR count). The normalized spacial score (nSPS) is 10.8. The first-order chi connectivity index (χ1) is 7.29. The molecule has 0 aliphatic carbocycles. The molecule has 0 saturated carbocycles. The Morgan fingerprint density at radius 2 is 1.87 bits per heavy atom. The minimum absolute atomic E-state index is 0.666. The largest absolute Gasteiger partial charge is 0.377 e. The predicted octanol–water partition coefficient (Wildman–Crippen LogP) is 4.03. The van der Waals surface area contributed by atoms with Crippen molar-refractivity contribution in [2.75, 3.05) is 6.61 Å². The summed E-state index contributed by atoms with van der Waals surface area (Å²) in [7, 11) is 0. The van der Waals surface area contributed by atoms with E-state index in [1.165, 1.54) is 16.3 Å². The lowest BCUT2D eigenvalue weighted by Crippen LogP contribution is -1.91. The highest BCUT2D eigenvalue weighted by molar-refractivity contribution is 6.31. The number of halogens is 1. The average Bonchev–Trinajstić information content (AvgIpc) is 2.25. The molecule has 0 bridgehead atoms. The van der Waals surface area contributed by atoms with Gasteiger partial charge in [0.15, 0.2) is 0 Å². The Kier molecular flexibility index (Phi) is 3.24. The topological polar surface area (TPSA) is 9.23 Å². The monoisotopic (exact) mass is 220 g/mol. The van der Waals surface area contributed by atoms with Crippen LogP contribution < -0.4 is 0 Å². The summed E-state index contributed by atoms with van der Waals surface area (Å²) in [5.41, 5.74) is 1.19. The summed E-state index contributed by atoms with van der Waals surface area (Å²) in [6, 6.07) is 12.2. The van der Waals surface area contributed by atoms with E-state index in [9.17, 15) is 0 Å². The van der Waals surface area contributed by atoms with Crippen LogP contribution in [0.25, 0.3) is 10.8 Å². The molecule has 0 unspecified atom stereocenters. The van der Waals surface area contributed by atoms with Crippen LogP contribution >= 0.6 is 11.6 Å². The number of rotatable bonds is 3. The summed E-state index contributed by atoms with van der Waals surface area (Å²) in [6.07, 6.45) is 0. The van der Waals surface area contributed by atoms with Gasteiger partial charge < -0.3 is 4.74 Å². The van der Waals surface area contributed by atoms with E-state index in [-0.39, 0.29) is 0 Å². The molecule has 0 aromatic heterocycles. The number of benzene rings is 2. The maximum atomic E-state index is 5.94. The zero-order valence-corrected chi connectivity index (χ0v) is 9.42. The molecular formula is C13H13ClO. The van der Waals surface area contributed by atoms with E-state index >= 15 is 0 Å².